The van der Waals surface area contributed by atoms with Crippen LogP contribution in [0.3, 0.4) is 0 Å². The molecule has 1 N–H and O–H groups in total. The van der Waals surface area contributed by atoms with Crippen molar-refractivity contribution in [3.05, 3.63) is 101 Å². The standard InChI is InChI=1S/C27H27FN4O2S/c1-19-7-6-8-20(2)26(19)34-17-24-30-31-27(32(24)23-9-4-3-5-10-23)35-18-25(33)29-16-15-21-11-13-22(28)14-12-21/h3-14H,15-18H2,1-2H3,(H,29,33). The molecule has 6 nitrogen and oxygen atoms in total. The molecule has 180 valence electrons. The normalized spacial score (nSPS) is 10.8. The van der Waals surface area contributed by atoms with E-state index < -0.39 is 0 Å². The maximum absolute atomic E-state index is 13.0. The van der Waals surface area contributed by atoms with Crippen molar-refractivity contribution in [2.45, 2.75) is 32.0 Å². The Balaban J connectivity index is 1.41. The van der Waals surface area contributed by atoms with Crippen molar-refractivity contribution in [3.8, 4) is 11.4 Å². The van der Waals surface area contributed by atoms with E-state index in [4.69, 9.17) is 4.74 Å². The van der Waals surface area contributed by atoms with E-state index in [2.05, 4.69) is 15.5 Å². The van der Waals surface area contributed by atoms with Gasteiger partial charge in [0, 0.05) is 12.2 Å². The van der Waals surface area contributed by atoms with Gasteiger partial charge in [-0.1, -0.05) is 60.3 Å². The Hall–Kier alpha value is -3.65. The second-order valence-electron chi connectivity index (χ2n) is 8.09. The fourth-order valence-electron chi connectivity index (χ4n) is 3.67. The topological polar surface area (TPSA) is 69.0 Å². The Labute approximate surface area is 208 Å². The van der Waals surface area contributed by atoms with E-state index >= 15 is 0 Å². The molecule has 35 heavy (non-hydrogen) atoms. The Kier molecular flexibility index (Phi) is 8.15. The molecule has 0 unspecified atom stereocenters. The smallest absolute Gasteiger partial charge is 0.230 e. The van der Waals surface area contributed by atoms with Gasteiger partial charge < -0.3 is 10.1 Å². The van der Waals surface area contributed by atoms with Gasteiger partial charge in [-0.15, -0.1) is 10.2 Å². The first-order chi connectivity index (χ1) is 17.0. The third-order valence-electron chi connectivity index (χ3n) is 5.45. The summed E-state index contributed by atoms with van der Waals surface area (Å²) in [5.74, 6) is 1.32. The maximum Gasteiger partial charge on any atom is 0.230 e. The predicted molar refractivity (Wildman–Crippen MR) is 135 cm³/mol. The summed E-state index contributed by atoms with van der Waals surface area (Å²) in [5, 5.41) is 12.2. The molecule has 1 heterocycles. The van der Waals surface area contributed by atoms with E-state index in [9.17, 15) is 9.18 Å². The summed E-state index contributed by atoms with van der Waals surface area (Å²) >= 11 is 1.32. The fraction of sp³-hybridized carbons (Fsp3) is 0.222. The van der Waals surface area contributed by atoms with Crippen molar-refractivity contribution in [2.24, 2.45) is 0 Å². The molecule has 4 aromatic rings. The highest BCUT2D eigenvalue weighted by atomic mass is 32.2. The molecule has 0 radical (unpaired) electrons. The second-order valence-corrected chi connectivity index (χ2v) is 9.04. The van der Waals surface area contributed by atoms with Crippen LogP contribution in [0.4, 0.5) is 4.39 Å². The first kappa shape index (κ1) is 24.5. The summed E-state index contributed by atoms with van der Waals surface area (Å²) < 4.78 is 21.1. The van der Waals surface area contributed by atoms with Gasteiger partial charge >= 0.3 is 0 Å². The average molecular weight is 491 g/mol. The zero-order chi connectivity index (χ0) is 24.6. The third kappa shape index (κ3) is 6.48. The Morgan fingerprint density at radius 3 is 2.40 bits per heavy atom. The highest BCUT2D eigenvalue weighted by Crippen LogP contribution is 2.26. The molecule has 0 bridgehead atoms. The molecule has 0 aliphatic heterocycles. The molecule has 0 saturated heterocycles. The van der Waals surface area contributed by atoms with Crippen molar-refractivity contribution in [1.82, 2.24) is 20.1 Å². The summed E-state index contributed by atoms with van der Waals surface area (Å²) in [4.78, 5) is 12.4. The van der Waals surface area contributed by atoms with Crippen LogP contribution in [0.15, 0.2) is 78.0 Å². The van der Waals surface area contributed by atoms with Gasteiger partial charge in [0.25, 0.3) is 0 Å². The minimum absolute atomic E-state index is 0.104. The van der Waals surface area contributed by atoms with E-state index in [1.165, 1.54) is 23.9 Å². The van der Waals surface area contributed by atoms with Gasteiger partial charge in [0.05, 0.1) is 5.75 Å². The monoisotopic (exact) mass is 490 g/mol. The van der Waals surface area contributed by atoms with Crippen LogP contribution in [-0.4, -0.2) is 33.0 Å². The lowest BCUT2D eigenvalue weighted by Crippen LogP contribution is -2.27. The number of rotatable bonds is 10. The van der Waals surface area contributed by atoms with Crippen LogP contribution in [0.5, 0.6) is 5.75 Å². The van der Waals surface area contributed by atoms with E-state index in [0.29, 0.717) is 23.9 Å². The van der Waals surface area contributed by atoms with E-state index in [-0.39, 0.29) is 24.1 Å². The lowest BCUT2D eigenvalue weighted by molar-refractivity contribution is -0.118. The minimum Gasteiger partial charge on any atom is -0.485 e. The minimum atomic E-state index is -0.268. The number of ether oxygens (including phenoxy) is 1. The molecule has 1 amide bonds. The number of hydrogen-bond acceptors (Lipinski definition) is 5. The van der Waals surface area contributed by atoms with Gasteiger partial charge in [0.15, 0.2) is 11.0 Å². The summed E-state index contributed by atoms with van der Waals surface area (Å²) in [6.07, 6.45) is 0.636. The van der Waals surface area contributed by atoms with Gasteiger partial charge in [-0.05, 0) is 61.2 Å². The number of nitrogens with zero attached hydrogens (tertiary/aromatic N) is 3. The van der Waals surface area contributed by atoms with Crippen molar-refractivity contribution in [1.29, 1.82) is 0 Å². The Morgan fingerprint density at radius 1 is 0.971 bits per heavy atom. The number of nitrogens with one attached hydrogen (secondary N) is 1. The number of aryl methyl sites for hydroxylation is 2. The van der Waals surface area contributed by atoms with Crippen LogP contribution >= 0.6 is 11.8 Å². The number of halogens is 1. The number of amides is 1. The highest BCUT2D eigenvalue weighted by Gasteiger charge is 2.17. The Morgan fingerprint density at radius 2 is 1.69 bits per heavy atom. The van der Waals surface area contributed by atoms with E-state index in [1.807, 2.05) is 66.9 Å². The SMILES string of the molecule is Cc1cccc(C)c1OCc1nnc(SCC(=O)NCCc2ccc(F)cc2)n1-c1ccccc1. The van der Waals surface area contributed by atoms with Crippen LogP contribution in [0.1, 0.15) is 22.5 Å². The van der Waals surface area contributed by atoms with Crippen molar-refractivity contribution in [2.75, 3.05) is 12.3 Å². The molecule has 0 aliphatic rings. The molecule has 0 aliphatic carbocycles. The molecule has 0 saturated carbocycles. The number of carbonyl (C=O) groups excluding carboxylic acids is 1. The lowest BCUT2D eigenvalue weighted by atomic mass is 10.1. The van der Waals surface area contributed by atoms with Gasteiger partial charge in [0.1, 0.15) is 18.2 Å². The second kappa shape index (κ2) is 11.7. The summed E-state index contributed by atoms with van der Waals surface area (Å²) in [6, 6.07) is 22.1. The van der Waals surface area contributed by atoms with Crippen LogP contribution in [0.2, 0.25) is 0 Å². The van der Waals surface area contributed by atoms with Crippen LogP contribution in [0, 0.1) is 19.7 Å². The predicted octanol–water partition coefficient (Wildman–Crippen LogP) is 5.05. The Bertz CT molecular complexity index is 1260. The molecular weight excluding hydrogens is 463 g/mol. The summed E-state index contributed by atoms with van der Waals surface area (Å²) in [7, 11) is 0. The van der Waals surface area contributed by atoms with Crippen LogP contribution in [-0.2, 0) is 17.8 Å². The quantitative estimate of drug-likeness (QED) is 0.315. The molecule has 4 rings (SSSR count). The zero-order valence-electron chi connectivity index (χ0n) is 19.7. The number of carbonyl (C=O) groups is 1. The maximum atomic E-state index is 13.0. The van der Waals surface area contributed by atoms with Gasteiger partial charge in [0.2, 0.25) is 5.91 Å². The molecule has 8 heteroatoms. The number of thioether (sulfide) groups is 1. The molecule has 3 aromatic carbocycles. The molecule has 0 spiro atoms. The zero-order valence-corrected chi connectivity index (χ0v) is 20.5. The molecule has 0 atom stereocenters. The van der Waals surface area contributed by atoms with Gasteiger partial charge in [-0.25, -0.2) is 4.39 Å². The van der Waals surface area contributed by atoms with Crippen molar-refractivity contribution >= 4 is 17.7 Å². The van der Waals surface area contributed by atoms with E-state index in [0.717, 1.165) is 28.1 Å². The molecule has 0 fully saturated rings. The number of benzene rings is 3. The van der Waals surface area contributed by atoms with Crippen molar-refractivity contribution < 1.29 is 13.9 Å². The fourth-order valence-corrected chi connectivity index (χ4v) is 4.47. The van der Waals surface area contributed by atoms with Crippen molar-refractivity contribution in [3.63, 3.8) is 0 Å². The first-order valence-corrected chi connectivity index (χ1v) is 12.3. The summed E-state index contributed by atoms with van der Waals surface area (Å²) in [6.45, 7) is 4.75. The number of para-hydroxylation sites is 2. The van der Waals surface area contributed by atoms with Gasteiger partial charge in [-0.2, -0.15) is 0 Å². The van der Waals surface area contributed by atoms with Crippen LogP contribution < -0.4 is 10.1 Å². The van der Waals surface area contributed by atoms with Gasteiger partial charge in [-0.3, -0.25) is 9.36 Å². The number of aromatic nitrogens is 3. The van der Waals surface area contributed by atoms with Crippen LogP contribution in [0.25, 0.3) is 5.69 Å². The number of hydrogen-bond donors (Lipinski definition) is 1. The van der Waals surface area contributed by atoms with E-state index in [1.54, 1.807) is 12.1 Å². The average Bonchev–Trinajstić information content (AvgIpc) is 3.27. The molecule has 1 aromatic heterocycles. The molecular formula is C27H27FN4O2S. The largest absolute Gasteiger partial charge is 0.485 e. The summed E-state index contributed by atoms with van der Waals surface area (Å²) in [5.41, 5.74) is 3.99. The lowest BCUT2D eigenvalue weighted by Gasteiger charge is -2.13. The third-order valence-corrected chi connectivity index (χ3v) is 6.38. The first-order valence-electron chi connectivity index (χ1n) is 11.3. The highest BCUT2D eigenvalue weighted by molar-refractivity contribution is 7.99.